The molecule has 0 radical (unpaired) electrons. The van der Waals surface area contributed by atoms with Crippen LogP contribution in [0.2, 0.25) is 0 Å². The predicted molar refractivity (Wildman–Crippen MR) is 100 cm³/mol. The summed E-state index contributed by atoms with van der Waals surface area (Å²) in [5.41, 5.74) is 2.74. The molecule has 0 unspecified atom stereocenters. The number of piperazine rings is 1. The van der Waals surface area contributed by atoms with Gasteiger partial charge in [0.25, 0.3) is 0 Å². The van der Waals surface area contributed by atoms with Gasteiger partial charge >= 0.3 is 0 Å². The molecule has 2 heterocycles. The van der Waals surface area contributed by atoms with Crippen molar-refractivity contribution in [3.05, 3.63) is 72.2 Å². The van der Waals surface area contributed by atoms with Crippen LogP contribution in [-0.2, 0) is 0 Å². The highest BCUT2D eigenvalue weighted by Gasteiger charge is 2.19. The van der Waals surface area contributed by atoms with Gasteiger partial charge in [-0.2, -0.15) is 0 Å². The van der Waals surface area contributed by atoms with E-state index >= 15 is 0 Å². The van der Waals surface area contributed by atoms with Gasteiger partial charge in [0.2, 0.25) is 0 Å². The molecule has 4 rings (SSSR count). The zero-order chi connectivity index (χ0) is 17.9. The van der Waals surface area contributed by atoms with Crippen molar-refractivity contribution in [3.63, 3.8) is 0 Å². The molecule has 0 N–H and O–H groups in total. The number of carbonyl (C=O) groups excluding carboxylic acids is 1. The second-order valence-electron chi connectivity index (χ2n) is 6.29. The van der Waals surface area contributed by atoms with Crippen LogP contribution < -0.4 is 9.80 Å². The standard InChI is InChI=1S/C21H19FN2O2/c22-19-3-1-2-4-20(19)24-13-11-23(12-14-24)17-7-5-16(6-8-17)21-10-9-18(15-25)26-21/h1-10,15H,11-14H2. The number of rotatable bonds is 4. The van der Waals surface area contributed by atoms with E-state index in [2.05, 4.69) is 21.9 Å². The smallest absolute Gasteiger partial charge is 0.185 e. The molecule has 0 amide bonds. The fourth-order valence-corrected chi connectivity index (χ4v) is 3.32. The molecule has 1 aliphatic rings. The summed E-state index contributed by atoms with van der Waals surface area (Å²) in [6, 6.07) is 18.5. The normalized spacial score (nSPS) is 14.5. The Morgan fingerprint density at radius 3 is 2.19 bits per heavy atom. The molecule has 132 valence electrons. The van der Waals surface area contributed by atoms with Crippen LogP contribution >= 0.6 is 0 Å². The van der Waals surface area contributed by atoms with Crippen molar-refractivity contribution in [2.45, 2.75) is 0 Å². The number of halogens is 1. The van der Waals surface area contributed by atoms with E-state index in [1.54, 1.807) is 18.2 Å². The molecule has 4 nitrogen and oxygen atoms in total. The highest BCUT2D eigenvalue weighted by molar-refractivity contribution is 5.73. The molecular formula is C21H19FN2O2. The number of aldehydes is 1. The van der Waals surface area contributed by atoms with Crippen LogP contribution in [-0.4, -0.2) is 32.5 Å². The Labute approximate surface area is 151 Å². The van der Waals surface area contributed by atoms with Crippen molar-refractivity contribution in [1.82, 2.24) is 0 Å². The van der Waals surface area contributed by atoms with Crippen LogP contribution in [0.1, 0.15) is 10.6 Å². The SMILES string of the molecule is O=Cc1ccc(-c2ccc(N3CCN(c4ccccc4F)CC3)cc2)o1. The number of furan rings is 1. The number of carbonyl (C=O) groups is 1. The Kier molecular flexibility index (Phi) is 4.44. The van der Waals surface area contributed by atoms with Crippen molar-refractivity contribution in [1.29, 1.82) is 0 Å². The molecule has 0 aliphatic carbocycles. The second-order valence-corrected chi connectivity index (χ2v) is 6.29. The Hall–Kier alpha value is -3.08. The molecule has 1 fully saturated rings. The summed E-state index contributed by atoms with van der Waals surface area (Å²) >= 11 is 0. The first-order valence-electron chi connectivity index (χ1n) is 8.64. The molecule has 3 aromatic rings. The maximum Gasteiger partial charge on any atom is 0.185 e. The summed E-state index contributed by atoms with van der Waals surface area (Å²) in [7, 11) is 0. The van der Waals surface area contributed by atoms with Crippen LogP contribution in [0.25, 0.3) is 11.3 Å². The van der Waals surface area contributed by atoms with E-state index in [1.165, 1.54) is 6.07 Å². The third-order valence-electron chi connectivity index (χ3n) is 4.73. The Morgan fingerprint density at radius 2 is 1.54 bits per heavy atom. The van der Waals surface area contributed by atoms with Gasteiger partial charge in [-0.05, 0) is 48.5 Å². The van der Waals surface area contributed by atoms with Crippen LogP contribution in [0.15, 0.2) is 65.1 Å². The summed E-state index contributed by atoms with van der Waals surface area (Å²) in [5.74, 6) is 0.842. The molecule has 1 saturated heterocycles. The van der Waals surface area contributed by atoms with Gasteiger partial charge in [-0.3, -0.25) is 4.79 Å². The van der Waals surface area contributed by atoms with E-state index in [-0.39, 0.29) is 5.82 Å². The van der Waals surface area contributed by atoms with Gasteiger partial charge in [-0.15, -0.1) is 0 Å². The van der Waals surface area contributed by atoms with E-state index in [9.17, 15) is 9.18 Å². The molecule has 0 saturated carbocycles. The minimum absolute atomic E-state index is 0.168. The van der Waals surface area contributed by atoms with E-state index in [0.717, 1.165) is 37.4 Å². The highest BCUT2D eigenvalue weighted by atomic mass is 19.1. The largest absolute Gasteiger partial charge is 0.453 e. The third-order valence-corrected chi connectivity index (χ3v) is 4.73. The number of anilines is 2. The van der Waals surface area contributed by atoms with Crippen molar-refractivity contribution in [2.24, 2.45) is 0 Å². The highest BCUT2D eigenvalue weighted by Crippen LogP contribution is 2.26. The van der Waals surface area contributed by atoms with E-state index in [0.29, 0.717) is 23.5 Å². The molecule has 5 heteroatoms. The van der Waals surface area contributed by atoms with Crippen molar-refractivity contribution in [3.8, 4) is 11.3 Å². The Bertz CT molecular complexity index is 896. The first-order chi connectivity index (χ1) is 12.7. The lowest BCUT2D eigenvalue weighted by atomic mass is 10.1. The maximum atomic E-state index is 13.9. The van der Waals surface area contributed by atoms with Crippen LogP contribution in [0, 0.1) is 5.82 Å². The maximum absolute atomic E-state index is 13.9. The summed E-state index contributed by atoms with van der Waals surface area (Å²) in [6.07, 6.45) is 0.701. The van der Waals surface area contributed by atoms with Crippen molar-refractivity contribution >= 4 is 17.7 Å². The van der Waals surface area contributed by atoms with E-state index < -0.39 is 0 Å². The average Bonchev–Trinajstić information content (AvgIpc) is 3.18. The first kappa shape index (κ1) is 16.4. The molecule has 1 aromatic heterocycles. The number of hydrogen-bond donors (Lipinski definition) is 0. The van der Waals surface area contributed by atoms with Crippen LogP contribution in [0.3, 0.4) is 0 Å². The Balaban J connectivity index is 1.43. The molecule has 1 aliphatic heterocycles. The molecular weight excluding hydrogens is 331 g/mol. The number of nitrogens with zero attached hydrogens (tertiary/aromatic N) is 2. The van der Waals surface area contributed by atoms with Gasteiger partial charge in [0.1, 0.15) is 11.6 Å². The quantitative estimate of drug-likeness (QED) is 0.660. The number of hydrogen-bond acceptors (Lipinski definition) is 4. The minimum Gasteiger partial charge on any atom is -0.453 e. The van der Waals surface area contributed by atoms with Crippen LogP contribution in [0.4, 0.5) is 15.8 Å². The topological polar surface area (TPSA) is 36.7 Å². The molecule has 2 aromatic carbocycles. The summed E-state index contributed by atoms with van der Waals surface area (Å²) in [4.78, 5) is 15.1. The van der Waals surface area contributed by atoms with Gasteiger partial charge in [-0.1, -0.05) is 12.1 Å². The van der Waals surface area contributed by atoms with Gasteiger partial charge in [0, 0.05) is 37.4 Å². The zero-order valence-corrected chi connectivity index (χ0v) is 14.3. The molecule has 0 atom stereocenters. The fourth-order valence-electron chi connectivity index (χ4n) is 3.32. The first-order valence-corrected chi connectivity index (χ1v) is 8.64. The number of benzene rings is 2. The predicted octanol–water partition coefficient (Wildman–Crippen LogP) is 4.22. The summed E-state index contributed by atoms with van der Waals surface area (Å²) < 4.78 is 19.4. The van der Waals surface area contributed by atoms with Gasteiger partial charge in [-0.25, -0.2) is 4.39 Å². The second kappa shape index (κ2) is 7.04. The lowest BCUT2D eigenvalue weighted by Crippen LogP contribution is -2.46. The Morgan fingerprint density at radius 1 is 0.846 bits per heavy atom. The lowest BCUT2D eigenvalue weighted by Gasteiger charge is -2.37. The van der Waals surface area contributed by atoms with E-state index in [4.69, 9.17) is 4.42 Å². The summed E-state index contributed by atoms with van der Waals surface area (Å²) in [6.45, 7) is 3.24. The lowest BCUT2D eigenvalue weighted by molar-refractivity contribution is 0.110. The molecule has 26 heavy (non-hydrogen) atoms. The molecule has 0 bridgehead atoms. The van der Waals surface area contributed by atoms with Crippen molar-refractivity contribution < 1.29 is 13.6 Å². The van der Waals surface area contributed by atoms with Gasteiger partial charge < -0.3 is 14.2 Å². The minimum atomic E-state index is -0.168. The zero-order valence-electron chi connectivity index (χ0n) is 14.3. The van der Waals surface area contributed by atoms with E-state index in [1.807, 2.05) is 24.3 Å². The van der Waals surface area contributed by atoms with Gasteiger partial charge in [0.05, 0.1) is 5.69 Å². The van der Waals surface area contributed by atoms with Crippen molar-refractivity contribution in [2.75, 3.05) is 36.0 Å². The van der Waals surface area contributed by atoms with Gasteiger partial charge in [0.15, 0.2) is 12.0 Å². The van der Waals surface area contributed by atoms with Crippen LogP contribution in [0.5, 0.6) is 0 Å². The molecule has 0 spiro atoms. The average molecular weight is 350 g/mol. The third kappa shape index (κ3) is 3.20. The monoisotopic (exact) mass is 350 g/mol. The number of para-hydroxylation sites is 1. The fraction of sp³-hybridized carbons (Fsp3) is 0.190. The summed E-state index contributed by atoms with van der Waals surface area (Å²) in [5, 5.41) is 0.